The van der Waals surface area contributed by atoms with E-state index in [1.807, 2.05) is 66.3 Å². The Hall–Kier alpha value is -3.35. The van der Waals surface area contributed by atoms with Crippen molar-refractivity contribution in [3.63, 3.8) is 0 Å². The number of rotatable bonds is 8. The predicted molar refractivity (Wildman–Crippen MR) is 99.5 cm³/mol. The molecule has 7 heteroatoms. The lowest BCUT2D eigenvalue weighted by Gasteiger charge is -2.10. The number of hydrogen-bond donors (Lipinski definition) is 2. The van der Waals surface area contributed by atoms with Gasteiger partial charge in [0.25, 0.3) is 5.91 Å². The number of amides is 1. The summed E-state index contributed by atoms with van der Waals surface area (Å²) in [6.07, 6.45) is 5.34. The molecule has 7 nitrogen and oxygen atoms in total. The molecule has 0 radical (unpaired) electrons. The molecule has 0 spiro atoms. The molecule has 3 rings (SSSR count). The molecule has 2 N–H and O–H groups in total. The topological polar surface area (TPSA) is 81.1 Å². The first-order chi connectivity index (χ1) is 12.7. The molecule has 2 aromatic heterocycles. The highest BCUT2D eigenvalue weighted by Gasteiger charge is 2.04. The van der Waals surface area contributed by atoms with E-state index in [1.54, 1.807) is 0 Å². The van der Waals surface area contributed by atoms with E-state index in [0.717, 1.165) is 17.1 Å². The van der Waals surface area contributed by atoms with Crippen LogP contribution in [0.15, 0.2) is 61.2 Å². The molecule has 0 aliphatic carbocycles. The monoisotopic (exact) mass is 351 g/mol. The Morgan fingerprint density at radius 1 is 1.12 bits per heavy atom. The number of carbonyl (C=O) groups is 1. The fourth-order valence-corrected chi connectivity index (χ4v) is 2.38. The van der Waals surface area contributed by atoms with Crippen molar-refractivity contribution in [3.05, 3.63) is 66.7 Å². The third kappa shape index (κ3) is 4.83. The molecule has 134 valence electrons. The zero-order chi connectivity index (χ0) is 18.2. The van der Waals surface area contributed by atoms with Crippen molar-refractivity contribution in [3.8, 4) is 11.6 Å². The molecule has 0 fully saturated rings. The highest BCUT2D eigenvalue weighted by atomic mass is 16.5. The van der Waals surface area contributed by atoms with Crippen molar-refractivity contribution in [1.82, 2.24) is 19.9 Å². The summed E-state index contributed by atoms with van der Waals surface area (Å²) in [6.45, 7) is 2.97. The summed E-state index contributed by atoms with van der Waals surface area (Å²) < 4.78 is 7.42. The quantitative estimate of drug-likeness (QED) is 0.608. The number of nitrogens with zero attached hydrogens (tertiary/aromatic N) is 3. The summed E-state index contributed by atoms with van der Waals surface area (Å²) >= 11 is 0. The molecule has 2 heterocycles. The van der Waals surface area contributed by atoms with Crippen LogP contribution in [0.2, 0.25) is 0 Å². The fraction of sp³-hybridized carbons (Fsp3) is 0.211. The smallest absolute Gasteiger partial charge is 0.258 e. The second kappa shape index (κ2) is 8.66. The second-order valence-electron chi connectivity index (χ2n) is 5.68. The van der Waals surface area contributed by atoms with E-state index >= 15 is 0 Å². The SMILES string of the molecule is Cc1ccccc1OCC(=O)NCCNc1cc(-n2cccc2)ncn1. The van der Waals surface area contributed by atoms with Crippen LogP contribution >= 0.6 is 0 Å². The molecule has 0 aliphatic heterocycles. The first-order valence-corrected chi connectivity index (χ1v) is 8.37. The fourth-order valence-electron chi connectivity index (χ4n) is 2.38. The molecule has 26 heavy (non-hydrogen) atoms. The van der Waals surface area contributed by atoms with Gasteiger partial charge in [0, 0.05) is 31.5 Å². The predicted octanol–water partition coefficient (Wildman–Crippen LogP) is 2.18. The molecule has 0 bridgehead atoms. The van der Waals surface area contributed by atoms with Crippen molar-refractivity contribution in [2.75, 3.05) is 25.0 Å². The van der Waals surface area contributed by atoms with Crippen LogP contribution in [-0.2, 0) is 4.79 Å². The van der Waals surface area contributed by atoms with E-state index in [-0.39, 0.29) is 12.5 Å². The second-order valence-corrected chi connectivity index (χ2v) is 5.68. The van der Waals surface area contributed by atoms with Gasteiger partial charge in [0.1, 0.15) is 23.7 Å². The normalized spacial score (nSPS) is 10.3. The third-order valence-corrected chi connectivity index (χ3v) is 3.73. The largest absolute Gasteiger partial charge is 0.484 e. The lowest BCUT2D eigenvalue weighted by atomic mass is 10.2. The summed E-state index contributed by atoms with van der Waals surface area (Å²) in [4.78, 5) is 20.3. The molecule has 0 aliphatic rings. The summed E-state index contributed by atoms with van der Waals surface area (Å²) in [5.74, 6) is 2.04. The van der Waals surface area contributed by atoms with Gasteiger partial charge in [0.15, 0.2) is 6.61 Å². The van der Waals surface area contributed by atoms with Crippen LogP contribution in [0.1, 0.15) is 5.56 Å². The third-order valence-electron chi connectivity index (χ3n) is 3.73. The van der Waals surface area contributed by atoms with Gasteiger partial charge in [-0.3, -0.25) is 4.79 Å². The first-order valence-electron chi connectivity index (χ1n) is 8.37. The van der Waals surface area contributed by atoms with Crippen molar-refractivity contribution in [1.29, 1.82) is 0 Å². The van der Waals surface area contributed by atoms with Gasteiger partial charge in [0.2, 0.25) is 0 Å². The lowest BCUT2D eigenvalue weighted by Crippen LogP contribution is -2.32. The number of anilines is 1. The van der Waals surface area contributed by atoms with Crippen LogP contribution in [0.3, 0.4) is 0 Å². The summed E-state index contributed by atoms with van der Waals surface area (Å²) in [6, 6.07) is 13.3. The van der Waals surface area contributed by atoms with Crippen molar-refractivity contribution >= 4 is 11.7 Å². The Morgan fingerprint density at radius 3 is 2.73 bits per heavy atom. The highest BCUT2D eigenvalue weighted by molar-refractivity contribution is 5.77. The zero-order valence-electron chi connectivity index (χ0n) is 14.6. The average Bonchev–Trinajstić information content (AvgIpc) is 3.20. The van der Waals surface area contributed by atoms with Crippen LogP contribution < -0.4 is 15.4 Å². The van der Waals surface area contributed by atoms with Gasteiger partial charge in [-0.15, -0.1) is 0 Å². The number of aryl methyl sites for hydroxylation is 1. The number of nitrogens with one attached hydrogen (secondary N) is 2. The van der Waals surface area contributed by atoms with E-state index < -0.39 is 0 Å². The van der Waals surface area contributed by atoms with Crippen molar-refractivity contribution in [2.24, 2.45) is 0 Å². The van der Waals surface area contributed by atoms with Gasteiger partial charge >= 0.3 is 0 Å². The molecule has 0 saturated heterocycles. The van der Waals surface area contributed by atoms with Crippen LogP contribution in [0.25, 0.3) is 5.82 Å². The summed E-state index contributed by atoms with van der Waals surface area (Å²) in [5, 5.41) is 5.98. The number of aromatic nitrogens is 3. The molecule has 0 unspecified atom stereocenters. The summed E-state index contributed by atoms with van der Waals surface area (Å²) in [7, 11) is 0. The standard InChI is InChI=1S/C19H21N5O2/c1-15-6-2-3-7-16(15)26-13-19(25)21-9-8-20-17-12-18(23-14-22-17)24-10-4-5-11-24/h2-7,10-12,14H,8-9,13H2,1H3,(H,21,25)(H,20,22,23). The molecule has 1 amide bonds. The van der Waals surface area contributed by atoms with Crippen LogP contribution in [0, 0.1) is 6.92 Å². The maximum Gasteiger partial charge on any atom is 0.258 e. The Kier molecular flexibility index (Phi) is 5.82. The molecular weight excluding hydrogens is 330 g/mol. The Bertz CT molecular complexity index is 849. The number of carbonyl (C=O) groups excluding carboxylic acids is 1. The lowest BCUT2D eigenvalue weighted by molar-refractivity contribution is -0.123. The molecule has 0 atom stereocenters. The molecule has 3 aromatic rings. The molecular formula is C19H21N5O2. The van der Waals surface area contributed by atoms with Crippen molar-refractivity contribution in [2.45, 2.75) is 6.92 Å². The number of para-hydroxylation sites is 1. The molecule has 0 saturated carbocycles. The minimum atomic E-state index is -0.161. The average molecular weight is 351 g/mol. The highest BCUT2D eigenvalue weighted by Crippen LogP contribution is 2.15. The van der Waals surface area contributed by atoms with Gasteiger partial charge in [-0.25, -0.2) is 9.97 Å². The van der Waals surface area contributed by atoms with E-state index in [4.69, 9.17) is 4.74 Å². The number of ether oxygens (including phenoxy) is 1. The minimum absolute atomic E-state index is 0.00383. The van der Waals surface area contributed by atoms with E-state index in [9.17, 15) is 4.79 Å². The number of hydrogen-bond acceptors (Lipinski definition) is 5. The van der Waals surface area contributed by atoms with E-state index in [0.29, 0.717) is 18.9 Å². The summed E-state index contributed by atoms with van der Waals surface area (Å²) in [5.41, 5.74) is 1.00. The number of benzene rings is 1. The Labute approximate surface area is 152 Å². The first kappa shape index (κ1) is 17.5. The van der Waals surface area contributed by atoms with Gasteiger partial charge in [-0.2, -0.15) is 0 Å². The van der Waals surface area contributed by atoms with Gasteiger partial charge in [-0.1, -0.05) is 18.2 Å². The van der Waals surface area contributed by atoms with Gasteiger partial charge < -0.3 is 19.9 Å². The minimum Gasteiger partial charge on any atom is -0.484 e. The van der Waals surface area contributed by atoms with Crippen LogP contribution in [0.5, 0.6) is 5.75 Å². The Morgan fingerprint density at radius 2 is 1.92 bits per heavy atom. The van der Waals surface area contributed by atoms with Gasteiger partial charge in [0.05, 0.1) is 0 Å². The van der Waals surface area contributed by atoms with E-state index in [1.165, 1.54) is 6.33 Å². The van der Waals surface area contributed by atoms with Gasteiger partial charge in [-0.05, 0) is 30.7 Å². The zero-order valence-corrected chi connectivity index (χ0v) is 14.6. The maximum absolute atomic E-state index is 11.9. The Balaban J connectivity index is 1.39. The molecule has 1 aromatic carbocycles. The van der Waals surface area contributed by atoms with Crippen LogP contribution in [0.4, 0.5) is 5.82 Å². The van der Waals surface area contributed by atoms with E-state index in [2.05, 4.69) is 20.6 Å². The van der Waals surface area contributed by atoms with Crippen molar-refractivity contribution < 1.29 is 9.53 Å². The van der Waals surface area contributed by atoms with Crippen LogP contribution in [-0.4, -0.2) is 40.1 Å². The maximum atomic E-state index is 11.9.